The van der Waals surface area contributed by atoms with Crippen molar-refractivity contribution in [3.63, 3.8) is 0 Å². The highest BCUT2D eigenvalue weighted by atomic mass is 35.5. The summed E-state index contributed by atoms with van der Waals surface area (Å²) in [6.07, 6.45) is 1.51. The molecule has 0 saturated carbocycles. The van der Waals surface area contributed by atoms with Crippen molar-refractivity contribution in [3.05, 3.63) is 58.9 Å². The molecule has 0 fully saturated rings. The molecule has 2 rings (SSSR count). The predicted molar refractivity (Wildman–Crippen MR) is 76.1 cm³/mol. The Morgan fingerprint density at radius 3 is 2.71 bits per heavy atom. The van der Waals surface area contributed by atoms with Crippen LogP contribution in [0.15, 0.2) is 41.4 Å². The number of thioether (sulfide) groups is 1. The van der Waals surface area contributed by atoms with Gasteiger partial charge in [-0.05, 0) is 24.3 Å². The predicted octanol–water partition coefficient (Wildman–Crippen LogP) is 3.85. The van der Waals surface area contributed by atoms with Gasteiger partial charge in [0.05, 0.1) is 5.75 Å². The zero-order chi connectivity index (χ0) is 15.2. The van der Waals surface area contributed by atoms with E-state index >= 15 is 0 Å². The van der Waals surface area contributed by atoms with E-state index in [1.54, 1.807) is 12.1 Å². The third-order valence-electron chi connectivity index (χ3n) is 2.44. The minimum atomic E-state index is -0.944. The van der Waals surface area contributed by atoms with Crippen LogP contribution in [0.3, 0.4) is 0 Å². The lowest BCUT2D eigenvalue weighted by atomic mass is 10.3. The zero-order valence-corrected chi connectivity index (χ0v) is 12.3. The summed E-state index contributed by atoms with van der Waals surface area (Å²) in [6, 6.07) is 6.75. The van der Waals surface area contributed by atoms with Crippen LogP contribution < -0.4 is 0 Å². The molecule has 0 bridgehead atoms. The smallest absolute Gasteiger partial charge is 0.316 e. The molecule has 3 nitrogen and oxygen atoms in total. The van der Waals surface area contributed by atoms with Gasteiger partial charge in [-0.1, -0.05) is 17.7 Å². The van der Waals surface area contributed by atoms with Crippen molar-refractivity contribution in [2.45, 2.75) is 11.5 Å². The molecule has 0 saturated heterocycles. The molecule has 0 spiro atoms. The Morgan fingerprint density at radius 2 is 2.05 bits per heavy atom. The molecule has 0 unspecified atom stereocenters. The number of halogens is 3. The van der Waals surface area contributed by atoms with Gasteiger partial charge in [0.1, 0.15) is 11.8 Å². The quantitative estimate of drug-likeness (QED) is 0.474. The van der Waals surface area contributed by atoms with Gasteiger partial charge in [-0.2, -0.15) is 0 Å². The molecule has 0 radical (unpaired) electrons. The number of aromatic nitrogens is 1. The van der Waals surface area contributed by atoms with Crippen LogP contribution in [0, 0.1) is 11.6 Å². The van der Waals surface area contributed by atoms with Crippen LogP contribution in [0.4, 0.5) is 8.78 Å². The Hall–Kier alpha value is -1.66. The molecule has 0 aliphatic carbocycles. The number of hydrogen-bond acceptors (Lipinski definition) is 4. The van der Waals surface area contributed by atoms with E-state index in [-0.39, 0.29) is 12.4 Å². The lowest BCUT2D eigenvalue weighted by molar-refractivity contribution is -0.141. The van der Waals surface area contributed by atoms with Gasteiger partial charge >= 0.3 is 5.97 Å². The number of pyridine rings is 1. The Bertz CT molecular complexity index is 637. The maximum atomic E-state index is 13.0. The lowest BCUT2D eigenvalue weighted by Gasteiger charge is -2.05. The normalized spacial score (nSPS) is 10.4. The summed E-state index contributed by atoms with van der Waals surface area (Å²) in [5, 5.41) is 0.360. The molecule has 2 aromatic rings. The number of nitrogens with zero attached hydrogens (tertiary/aromatic N) is 1. The molecule has 1 aromatic carbocycles. The summed E-state index contributed by atoms with van der Waals surface area (Å²) in [4.78, 5) is 15.9. The molecule has 0 aliphatic rings. The average molecular weight is 330 g/mol. The summed E-state index contributed by atoms with van der Waals surface area (Å²) in [6.45, 7) is 0.0847. The monoisotopic (exact) mass is 329 g/mol. The highest BCUT2D eigenvalue weighted by Gasteiger charge is 2.07. The molecule has 21 heavy (non-hydrogen) atoms. The van der Waals surface area contributed by atoms with Gasteiger partial charge in [-0.15, -0.1) is 11.8 Å². The van der Waals surface area contributed by atoms with Crippen molar-refractivity contribution in [2.75, 3.05) is 5.75 Å². The third-order valence-corrected chi connectivity index (χ3v) is 3.63. The van der Waals surface area contributed by atoms with Crippen LogP contribution in [-0.4, -0.2) is 16.7 Å². The average Bonchev–Trinajstić information content (AvgIpc) is 2.48. The fraction of sp³-hybridized carbons (Fsp3) is 0.143. The molecule has 0 atom stereocenters. The van der Waals surface area contributed by atoms with E-state index < -0.39 is 17.6 Å². The highest BCUT2D eigenvalue weighted by Crippen LogP contribution is 2.20. The molecule has 0 amide bonds. The zero-order valence-electron chi connectivity index (χ0n) is 10.7. The van der Waals surface area contributed by atoms with E-state index in [1.165, 1.54) is 12.3 Å². The van der Waals surface area contributed by atoms with E-state index in [0.717, 1.165) is 23.9 Å². The minimum absolute atomic E-state index is 0.00604. The van der Waals surface area contributed by atoms with Crippen molar-refractivity contribution in [1.82, 2.24) is 4.98 Å². The molecule has 110 valence electrons. The molecule has 0 aliphatic heterocycles. The van der Waals surface area contributed by atoms with Crippen LogP contribution in [0.25, 0.3) is 0 Å². The second-order valence-corrected chi connectivity index (χ2v) is 5.45. The second-order valence-electron chi connectivity index (χ2n) is 4.01. The van der Waals surface area contributed by atoms with Crippen molar-refractivity contribution >= 4 is 29.3 Å². The number of carbonyl (C=O) groups is 1. The van der Waals surface area contributed by atoms with Crippen LogP contribution in [0.5, 0.6) is 0 Å². The maximum Gasteiger partial charge on any atom is 0.316 e. The fourth-order valence-electron chi connectivity index (χ4n) is 1.41. The minimum Gasteiger partial charge on any atom is -0.460 e. The van der Waals surface area contributed by atoms with Crippen LogP contribution in [-0.2, 0) is 16.1 Å². The van der Waals surface area contributed by atoms with E-state index in [9.17, 15) is 13.6 Å². The van der Waals surface area contributed by atoms with E-state index in [0.29, 0.717) is 15.6 Å². The molecule has 1 aromatic heterocycles. The van der Waals surface area contributed by atoms with Crippen molar-refractivity contribution < 1.29 is 18.3 Å². The van der Waals surface area contributed by atoms with Gasteiger partial charge in [0.15, 0.2) is 11.6 Å². The van der Waals surface area contributed by atoms with Gasteiger partial charge in [-0.3, -0.25) is 4.79 Å². The number of benzene rings is 1. The Balaban J connectivity index is 1.79. The van der Waals surface area contributed by atoms with E-state index in [2.05, 4.69) is 4.98 Å². The summed E-state index contributed by atoms with van der Waals surface area (Å²) >= 11 is 6.71. The van der Waals surface area contributed by atoms with Gasteiger partial charge in [0, 0.05) is 16.7 Å². The first-order chi connectivity index (χ1) is 10.0. The van der Waals surface area contributed by atoms with Gasteiger partial charge in [0.2, 0.25) is 0 Å². The van der Waals surface area contributed by atoms with Crippen molar-refractivity contribution in [1.29, 1.82) is 0 Å². The van der Waals surface area contributed by atoms with Gasteiger partial charge < -0.3 is 4.74 Å². The topological polar surface area (TPSA) is 39.2 Å². The Morgan fingerprint density at radius 1 is 1.24 bits per heavy atom. The number of rotatable bonds is 5. The largest absolute Gasteiger partial charge is 0.460 e. The number of esters is 1. The molecule has 1 heterocycles. The number of carbonyl (C=O) groups excluding carboxylic acids is 1. The summed E-state index contributed by atoms with van der Waals surface area (Å²) in [7, 11) is 0. The maximum absolute atomic E-state index is 13.0. The number of ether oxygens (including phenoxy) is 1. The van der Waals surface area contributed by atoms with Crippen LogP contribution in [0.2, 0.25) is 5.15 Å². The van der Waals surface area contributed by atoms with Crippen LogP contribution >= 0.6 is 23.4 Å². The summed E-state index contributed by atoms with van der Waals surface area (Å²) in [5.74, 6) is -2.32. The molecular weight excluding hydrogens is 320 g/mol. The first kappa shape index (κ1) is 15.7. The standard InChI is InChI=1S/C14H10ClF2NO2S/c15-13-4-1-9(6-18-13)7-20-14(19)8-21-10-2-3-11(16)12(17)5-10/h1-6H,7-8H2. The van der Waals surface area contributed by atoms with Crippen molar-refractivity contribution in [2.24, 2.45) is 0 Å². The molecular formula is C14H10ClF2NO2S. The Labute approximate surface area is 129 Å². The Kier molecular flexibility index (Phi) is 5.52. The molecule has 0 N–H and O–H groups in total. The van der Waals surface area contributed by atoms with Crippen molar-refractivity contribution in [3.8, 4) is 0 Å². The van der Waals surface area contributed by atoms with Crippen LogP contribution in [0.1, 0.15) is 5.56 Å². The third kappa shape index (κ3) is 4.99. The SMILES string of the molecule is O=C(CSc1ccc(F)c(F)c1)OCc1ccc(Cl)nc1. The lowest BCUT2D eigenvalue weighted by Crippen LogP contribution is -2.07. The first-order valence-corrected chi connectivity index (χ1v) is 7.25. The highest BCUT2D eigenvalue weighted by molar-refractivity contribution is 8.00. The molecule has 7 heteroatoms. The fourth-order valence-corrected chi connectivity index (χ4v) is 2.24. The van der Waals surface area contributed by atoms with Gasteiger partial charge in [0.25, 0.3) is 0 Å². The van der Waals surface area contributed by atoms with E-state index in [1.807, 2.05) is 0 Å². The summed E-state index contributed by atoms with van der Waals surface area (Å²) < 4.78 is 30.8. The summed E-state index contributed by atoms with van der Waals surface area (Å²) in [5.41, 5.74) is 0.713. The van der Waals surface area contributed by atoms with Gasteiger partial charge in [-0.25, -0.2) is 13.8 Å². The number of hydrogen-bond donors (Lipinski definition) is 0. The van der Waals surface area contributed by atoms with E-state index in [4.69, 9.17) is 16.3 Å². The first-order valence-electron chi connectivity index (χ1n) is 5.88. The second kappa shape index (κ2) is 7.38.